The van der Waals surface area contributed by atoms with Gasteiger partial charge in [0, 0.05) is 12.8 Å². The Balaban J connectivity index is 3.63. The molecule has 5 nitrogen and oxygen atoms in total. The van der Waals surface area contributed by atoms with Crippen molar-refractivity contribution in [3.8, 4) is 0 Å². The van der Waals surface area contributed by atoms with Crippen LogP contribution in [0.1, 0.15) is 194 Å². The Kier molecular flexibility index (Phi) is 32.4. The summed E-state index contributed by atoms with van der Waals surface area (Å²) in [7, 11) is 0. The van der Waals surface area contributed by atoms with Gasteiger partial charge in [0.05, 0.1) is 0 Å². The number of carbonyl (C=O) groups excluding carboxylic acids is 2. The number of unbranched alkanes of at least 4 members (excludes halogenated alkanes) is 24. The number of hydrogen-bond donors (Lipinski definition) is 0. The van der Waals surface area contributed by atoms with Crippen LogP contribution >= 0.6 is 0 Å². The normalized spacial score (nSPS) is 12.0. The van der Waals surface area contributed by atoms with Crippen molar-refractivity contribution in [1.29, 1.82) is 0 Å². The molecule has 1 unspecified atom stereocenters. The molecule has 41 heavy (non-hydrogen) atoms. The topological polar surface area (TPSA) is 61.8 Å². The van der Waals surface area contributed by atoms with E-state index in [-0.39, 0.29) is 18.5 Å². The van der Waals surface area contributed by atoms with E-state index in [4.69, 9.17) is 9.47 Å². The molecule has 0 aromatic rings. The molecule has 0 saturated carbocycles. The first kappa shape index (κ1) is 39.8. The van der Waals surface area contributed by atoms with Crippen molar-refractivity contribution in [2.75, 3.05) is 13.2 Å². The fourth-order valence-electron chi connectivity index (χ4n) is 5.26. The monoisotopic (exact) mass is 586 g/mol. The van der Waals surface area contributed by atoms with Crippen LogP contribution in [0.5, 0.6) is 0 Å². The highest BCUT2D eigenvalue weighted by Gasteiger charge is 2.18. The number of esters is 2. The molecule has 0 aliphatic carbocycles. The zero-order chi connectivity index (χ0) is 30.1. The van der Waals surface area contributed by atoms with Crippen molar-refractivity contribution in [3.05, 3.63) is 0 Å². The van der Waals surface area contributed by atoms with Crippen LogP contribution < -0.4 is 0 Å². The molecular weight excluding hydrogens is 519 g/mol. The van der Waals surface area contributed by atoms with Crippen molar-refractivity contribution < 1.29 is 28.5 Å². The molecule has 0 radical (unpaired) electrons. The molecule has 0 spiro atoms. The highest BCUT2D eigenvalue weighted by atomic mass is 19.3. The maximum Gasteiger partial charge on any atom is 0.306 e. The third kappa shape index (κ3) is 31.6. The van der Waals surface area contributed by atoms with Crippen LogP contribution in [0.15, 0.2) is 0 Å². The molecular formula is C35H67FO5. The van der Waals surface area contributed by atoms with E-state index < -0.39 is 12.7 Å². The predicted molar refractivity (Wildman–Crippen MR) is 169 cm³/mol. The van der Waals surface area contributed by atoms with E-state index in [9.17, 15) is 14.1 Å². The van der Waals surface area contributed by atoms with Crippen LogP contribution in [-0.4, -0.2) is 31.3 Å². The van der Waals surface area contributed by atoms with E-state index in [1.807, 2.05) is 0 Å². The number of rotatable bonds is 33. The lowest BCUT2D eigenvalue weighted by molar-refractivity contribution is -0.187. The van der Waals surface area contributed by atoms with Gasteiger partial charge in [-0.1, -0.05) is 168 Å². The van der Waals surface area contributed by atoms with E-state index >= 15 is 0 Å². The molecule has 0 aromatic heterocycles. The van der Waals surface area contributed by atoms with Gasteiger partial charge in [-0.25, -0.2) is 0 Å². The van der Waals surface area contributed by atoms with Gasteiger partial charge in [0.1, 0.15) is 13.2 Å². The van der Waals surface area contributed by atoms with Gasteiger partial charge in [0.25, 0.3) is 0 Å². The lowest BCUT2D eigenvalue weighted by Crippen LogP contribution is -2.28. The van der Waals surface area contributed by atoms with Crippen molar-refractivity contribution in [2.24, 2.45) is 0 Å². The Bertz CT molecular complexity index is 557. The van der Waals surface area contributed by atoms with E-state index in [0.717, 1.165) is 38.5 Å². The lowest BCUT2D eigenvalue weighted by Gasteiger charge is -2.16. The quantitative estimate of drug-likeness (QED) is 0.0565. The smallest absolute Gasteiger partial charge is 0.306 e. The number of halogens is 1. The molecule has 0 aliphatic rings. The summed E-state index contributed by atoms with van der Waals surface area (Å²) in [4.78, 5) is 27.9. The fraction of sp³-hybridized carbons (Fsp3) is 0.943. The van der Waals surface area contributed by atoms with E-state index in [0.29, 0.717) is 12.8 Å². The summed E-state index contributed by atoms with van der Waals surface area (Å²) in [6.45, 7) is 3.92. The summed E-state index contributed by atoms with van der Waals surface area (Å²) in [5, 5.41) is 0. The van der Waals surface area contributed by atoms with Crippen LogP contribution in [0.3, 0.4) is 0 Å². The summed E-state index contributed by atoms with van der Waals surface area (Å²) in [5.74, 6) is -0.716. The SMILES string of the molecule is CCCCCCCCCCCCCCCC(=O)OCC(COF)OC(=O)CCCCCCCCCCCCCCC. The second-order valence-corrected chi connectivity index (χ2v) is 12.1. The molecule has 244 valence electrons. The molecule has 1 atom stereocenters. The maximum absolute atomic E-state index is 12.4. The first-order valence-electron chi connectivity index (χ1n) is 17.7. The average molecular weight is 587 g/mol. The van der Waals surface area contributed by atoms with Crippen LogP contribution in [0.2, 0.25) is 0 Å². The lowest BCUT2D eigenvalue weighted by atomic mass is 10.0. The van der Waals surface area contributed by atoms with Gasteiger partial charge in [0.15, 0.2) is 6.10 Å². The molecule has 0 saturated heterocycles. The second-order valence-electron chi connectivity index (χ2n) is 12.1. The number of ether oxygens (including phenoxy) is 2. The zero-order valence-corrected chi connectivity index (χ0v) is 27.2. The number of carbonyl (C=O) groups is 2. The average Bonchev–Trinajstić information content (AvgIpc) is 2.96. The highest BCUT2D eigenvalue weighted by molar-refractivity contribution is 5.70. The van der Waals surface area contributed by atoms with Gasteiger partial charge in [0.2, 0.25) is 0 Å². The van der Waals surface area contributed by atoms with Crippen LogP contribution in [0.25, 0.3) is 0 Å². The van der Waals surface area contributed by atoms with E-state index in [2.05, 4.69) is 18.8 Å². The molecule has 6 heteroatoms. The maximum atomic E-state index is 12.4. The largest absolute Gasteiger partial charge is 0.462 e. The third-order valence-electron chi connectivity index (χ3n) is 7.95. The van der Waals surface area contributed by atoms with Crippen molar-refractivity contribution in [1.82, 2.24) is 0 Å². The van der Waals surface area contributed by atoms with E-state index in [1.54, 1.807) is 0 Å². The molecule has 0 N–H and O–H groups in total. The highest BCUT2D eigenvalue weighted by Crippen LogP contribution is 2.15. The third-order valence-corrected chi connectivity index (χ3v) is 7.95. The zero-order valence-electron chi connectivity index (χ0n) is 27.2. The molecule has 0 rings (SSSR count). The molecule has 0 amide bonds. The summed E-state index contributed by atoms with van der Waals surface area (Å²) in [6, 6.07) is 0. The standard InChI is InChI=1S/C35H67FO5/c1-3-5-7-9-11-13-15-17-19-21-23-25-27-29-34(37)39-31-33(32-40-36)41-35(38)30-28-26-24-22-20-18-16-14-12-10-8-6-4-2/h33H,3-32H2,1-2H3. The van der Waals surface area contributed by atoms with Gasteiger partial charge in [-0.05, 0) is 17.4 Å². The Labute approximate surface area is 253 Å². The molecule has 0 fully saturated rings. The minimum atomic E-state index is -0.898. The fourth-order valence-corrected chi connectivity index (χ4v) is 5.26. The van der Waals surface area contributed by atoms with E-state index in [1.165, 1.54) is 128 Å². The van der Waals surface area contributed by atoms with Crippen LogP contribution in [0.4, 0.5) is 4.53 Å². The summed E-state index contributed by atoms with van der Waals surface area (Å²) in [5.41, 5.74) is 0. The minimum absolute atomic E-state index is 0.161. The summed E-state index contributed by atoms with van der Waals surface area (Å²) < 4.78 is 23.0. The van der Waals surface area contributed by atoms with Gasteiger partial charge in [-0.3, -0.25) is 9.59 Å². The van der Waals surface area contributed by atoms with Crippen molar-refractivity contribution in [3.63, 3.8) is 0 Å². The van der Waals surface area contributed by atoms with Crippen molar-refractivity contribution in [2.45, 2.75) is 200 Å². The minimum Gasteiger partial charge on any atom is -0.462 e. The predicted octanol–water partition coefficient (Wildman–Crippen LogP) is 11.3. The van der Waals surface area contributed by atoms with Gasteiger partial charge in [-0.15, -0.1) is 0 Å². The Hall–Kier alpha value is -1.17. The Morgan fingerprint density at radius 3 is 1.12 bits per heavy atom. The van der Waals surface area contributed by atoms with Crippen LogP contribution in [-0.2, 0) is 24.0 Å². The molecule has 0 bridgehead atoms. The van der Waals surface area contributed by atoms with Crippen LogP contribution in [0, 0.1) is 0 Å². The Morgan fingerprint density at radius 1 is 0.463 bits per heavy atom. The number of hydrogen-bond acceptors (Lipinski definition) is 5. The van der Waals surface area contributed by atoms with Crippen molar-refractivity contribution >= 4 is 11.9 Å². The summed E-state index contributed by atoms with van der Waals surface area (Å²) in [6.07, 6.45) is 32.1. The molecule has 0 aliphatic heterocycles. The first-order valence-corrected chi connectivity index (χ1v) is 17.7. The van der Waals surface area contributed by atoms with Gasteiger partial charge >= 0.3 is 11.9 Å². The van der Waals surface area contributed by atoms with Gasteiger partial charge < -0.3 is 9.47 Å². The molecule has 0 heterocycles. The Morgan fingerprint density at radius 2 is 0.780 bits per heavy atom. The second kappa shape index (κ2) is 33.3. The summed E-state index contributed by atoms with van der Waals surface area (Å²) >= 11 is 0. The molecule has 0 aromatic carbocycles. The van der Waals surface area contributed by atoms with Gasteiger partial charge in [-0.2, -0.15) is 4.94 Å². The first-order chi connectivity index (χ1) is 20.1.